The Morgan fingerprint density at radius 3 is 2.60 bits per heavy atom. The van der Waals surface area contributed by atoms with Crippen molar-refractivity contribution in [2.24, 2.45) is 0 Å². The second-order valence-electron chi connectivity index (χ2n) is 5.96. The Balaban J connectivity index is 1.73. The zero-order valence-electron chi connectivity index (χ0n) is 13.9. The number of hydrogen-bond donors (Lipinski definition) is 1. The molecule has 0 aliphatic carbocycles. The summed E-state index contributed by atoms with van der Waals surface area (Å²) in [6.45, 7) is 1.87. The first-order valence-electron chi connectivity index (χ1n) is 8.12. The summed E-state index contributed by atoms with van der Waals surface area (Å²) < 4.78 is 0. The third kappa shape index (κ3) is 3.91. The maximum atomic E-state index is 12.5. The number of fused-ring (bicyclic) bond motifs is 1. The number of rotatable bonds is 4. The first-order chi connectivity index (χ1) is 12.1. The van der Waals surface area contributed by atoms with E-state index in [-0.39, 0.29) is 24.3 Å². The third-order valence-corrected chi connectivity index (χ3v) is 4.65. The van der Waals surface area contributed by atoms with Crippen molar-refractivity contribution in [1.82, 2.24) is 10.2 Å². The van der Waals surface area contributed by atoms with Crippen LogP contribution in [0, 0.1) is 0 Å². The molecule has 1 N–H and O–H groups in total. The molecule has 0 bridgehead atoms. The standard InChI is InChI=1S/C20H19ClN2O2/c1-14(24)23-11-10-15-6-2-4-8-17(15)19(23)12-20(25)22-13-16-7-3-5-9-18(16)21/h2-11,19H,12-13H2,1H3,(H,22,25). The van der Waals surface area contributed by atoms with Crippen molar-refractivity contribution >= 4 is 29.5 Å². The van der Waals surface area contributed by atoms with E-state index in [1.807, 2.05) is 48.5 Å². The molecule has 128 valence electrons. The Bertz CT molecular complexity index is 832. The lowest BCUT2D eigenvalue weighted by Crippen LogP contribution is -2.35. The highest BCUT2D eigenvalue weighted by Gasteiger charge is 2.28. The van der Waals surface area contributed by atoms with Gasteiger partial charge in [-0.2, -0.15) is 0 Å². The van der Waals surface area contributed by atoms with Crippen LogP contribution in [0.15, 0.2) is 54.7 Å². The molecule has 1 heterocycles. The van der Waals surface area contributed by atoms with Crippen LogP contribution >= 0.6 is 11.6 Å². The van der Waals surface area contributed by atoms with Crippen LogP contribution < -0.4 is 5.32 Å². The van der Waals surface area contributed by atoms with Crippen molar-refractivity contribution in [3.8, 4) is 0 Å². The van der Waals surface area contributed by atoms with Gasteiger partial charge in [-0.15, -0.1) is 0 Å². The molecular formula is C20H19ClN2O2. The monoisotopic (exact) mass is 354 g/mol. The van der Waals surface area contributed by atoms with Crippen molar-refractivity contribution in [3.63, 3.8) is 0 Å². The topological polar surface area (TPSA) is 49.4 Å². The number of nitrogens with one attached hydrogen (secondary N) is 1. The zero-order valence-corrected chi connectivity index (χ0v) is 14.7. The van der Waals surface area contributed by atoms with Crippen LogP contribution in [0.5, 0.6) is 0 Å². The van der Waals surface area contributed by atoms with E-state index in [0.717, 1.165) is 16.7 Å². The summed E-state index contributed by atoms with van der Waals surface area (Å²) in [5.74, 6) is -0.212. The minimum absolute atomic E-state index is 0.0883. The van der Waals surface area contributed by atoms with Gasteiger partial charge in [0, 0.05) is 24.7 Å². The van der Waals surface area contributed by atoms with Crippen molar-refractivity contribution in [1.29, 1.82) is 0 Å². The summed E-state index contributed by atoms with van der Waals surface area (Å²) in [4.78, 5) is 26.0. The molecule has 1 aliphatic heterocycles. The fourth-order valence-corrected chi connectivity index (χ4v) is 3.20. The normalized spacial score (nSPS) is 15.6. The van der Waals surface area contributed by atoms with E-state index in [2.05, 4.69) is 5.32 Å². The predicted molar refractivity (Wildman–Crippen MR) is 98.7 cm³/mol. The van der Waals surface area contributed by atoms with Gasteiger partial charge in [0.25, 0.3) is 0 Å². The number of benzene rings is 2. The molecule has 0 spiro atoms. The van der Waals surface area contributed by atoms with Crippen molar-refractivity contribution < 1.29 is 9.59 Å². The number of carbonyl (C=O) groups is 2. The molecule has 5 heteroatoms. The Morgan fingerprint density at radius 1 is 1.12 bits per heavy atom. The SMILES string of the molecule is CC(=O)N1C=Cc2ccccc2C1CC(=O)NCc1ccccc1Cl. The van der Waals surface area contributed by atoms with E-state index >= 15 is 0 Å². The smallest absolute Gasteiger partial charge is 0.223 e. The molecule has 0 saturated carbocycles. The molecule has 2 aromatic rings. The first kappa shape index (κ1) is 17.2. The summed E-state index contributed by atoms with van der Waals surface area (Å²) >= 11 is 6.12. The Hall–Kier alpha value is -2.59. The minimum atomic E-state index is -0.301. The maximum absolute atomic E-state index is 12.5. The van der Waals surface area contributed by atoms with E-state index in [1.165, 1.54) is 6.92 Å². The summed E-state index contributed by atoms with van der Waals surface area (Å²) in [6, 6.07) is 14.9. The lowest BCUT2D eigenvalue weighted by Gasteiger charge is -2.32. The second-order valence-corrected chi connectivity index (χ2v) is 6.37. The first-order valence-corrected chi connectivity index (χ1v) is 8.50. The van der Waals surface area contributed by atoms with Gasteiger partial charge in [-0.3, -0.25) is 9.59 Å². The van der Waals surface area contributed by atoms with E-state index < -0.39 is 0 Å². The molecule has 4 nitrogen and oxygen atoms in total. The Labute approximate surface area is 152 Å². The zero-order chi connectivity index (χ0) is 17.8. The lowest BCUT2D eigenvalue weighted by molar-refractivity contribution is -0.130. The molecular weight excluding hydrogens is 336 g/mol. The molecule has 0 saturated heterocycles. The molecule has 1 unspecified atom stereocenters. The molecule has 0 fully saturated rings. The van der Waals surface area contributed by atoms with Gasteiger partial charge < -0.3 is 10.2 Å². The van der Waals surface area contributed by atoms with Gasteiger partial charge in [0.1, 0.15) is 0 Å². The van der Waals surface area contributed by atoms with Gasteiger partial charge in [0.15, 0.2) is 0 Å². The molecule has 25 heavy (non-hydrogen) atoms. The number of amides is 2. The largest absolute Gasteiger partial charge is 0.352 e. The van der Waals surface area contributed by atoms with E-state index in [4.69, 9.17) is 11.6 Å². The summed E-state index contributed by atoms with van der Waals surface area (Å²) in [7, 11) is 0. The molecule has 1 aliphatic rings. The van der Waals surface area contributed by atoms with Crippen LogP contribution in [0.1, 0.15) is 36.1 Å². The molecule has 0 radical (unpaired) electrons. The van der Waals surface area contributed by atoms with Gasteiger partial charge in [-0.1, -0.05) is 54.1 Å². The van der Waals surface area contributed by atoms with Crippen LogP contribution in [-0.4, -0.2) is 16.7 Å². The number of halogens is 1. The fourth-order valence-electron chi connectivity index (χ4n) is 3.00. The van der Waals surface area contributed by atoms with Gasteiger partial charge >= 0.3 is 0 Å². The lowest BCUT2D eigenvalue weighted by atomic mass is 9.93. The molecule has 0 aromatic heterocycles. The highest BCUT2D eigenvalue weighted by Crippen LogP contribution is 2.32. The molecule has 2 aromatic carbocycles. The second kappa shape index (κ2) is 7.53. The maximum Gasteiger partial charge on any atom is 0.223 e. The van der Waals surface area contributed by atoms with Gasteiger partial charge in [0.05, 0.1) is 12.5 Å². The van der Waals surface area contributed by atoms with Gasteiger partial charge in [0.2, 0.25) is 11.8 Å². The van der Waals surface area contributed by atoms with E-state index in [0.29, 0.717) is 11.6 Å². The average molecular weight is 355 g/mol. The number of hydrogen-bond acceptors (Lipinski definition) is 2. The predicted octanol–water partition coefficient (Wildman–Crippen LogP) is 3.92. The fraction of sp³-hybridized carbons (Fsp3) is 0.200. The summed E-state index contributed by atoms with van der Waals surface area (Å²) in [6.07, 6.45) is 3.84. The Kier molecular flexibility index (Phi) is 5.19. The van der Waals surface area contributed by atoms with Crippen LogP contribution in [-0.2, 0) is 16.1 Å². The Morgan fingerprint density at radius 2 is 1.84 bits per heavy atom. The van der Waals surface area contributed by atoms with Crippen molar-refractivity contribution in [2.75, 3.05) is 0 Å². The van der Waals surface area contributed by atoms with Crippen LogP contribution in [0.4, 0.5) is 0 Å². The minimum Gasteiger partial charge on any atom is -0.352 e. The van der Waals surface area contributed by atoms with Crippen molar-refractivity contribution in [3.05, 3.63) is 76.4 Å². The highest BCUT2D eigenvalue weighted by atomic mass is 35.5. The van der Waals surface area contributed by atoms with Gasteiger partial charge in [-0.25, -0.2) is 0 Å². The van der Waals surface area contributed by atoms with E-state index in [1.54, 1.807) is 17.2 Å². The quantitative estimate of drug-likeness (QED) is 0.904. The van der Waals surface area contributed by atoms with Crippen LogP contribution in [0.3, 0.4) is 0 Å². The molecule has 1 atom stereocenters. The van der Waals surface area contributed by atoms with Crippen molar-refractivity contribution in [2.45, 2.75) is 25.9 Å². The third-order valence-electron chi connectivity index (χ3n) is 4.28. The van der Waals surface area contributed by atoms with E-state index in [9.17, 15) is 9.59 Å². The molecule has 2 amide bonds. The number of nitrogens with zero attached hydrogens (tertiary/aromatic N) is 1. The van der Waals surface area contributed by atoms with Crippen LogP contribution in [0.25, 0.3) is 6.08 Å². The average Bonchev–Trinajstić information content (AvgIpc) is 2.61. The molecule has 3 rings (SSSR count). The summed E-state index contributed by atoms with van der Waals surface area (Å²) in [5.41, 5.74) is 2.88. The number of carbonyl (C=O) groups excluding carboxylic acids is 2. The van der Waals surface area contributed by atoms with Gasteiger partial charge in [-0.05, 0) is 28.8 Å². The highest BCUT2D eigenvalue weighted by molar-refractivity contribution is 6.31. The summed E-state index contributed by atoms with van der Waals surface area (Å²) in [5, 5.41) is 3.52. The van der Waals surface area contributed by atoms with Crippen LogP contribution in [0.2, 0.25) is 5.02 Å².